The Bertz CT molecular complexity index is 670. The molecule has 0 bridgehead atoms. The lowest BCUT2D eigenvalue weighted by molar-refractivity contribution is -0.149. The van der Waals surface area contributed by atoms with E-state index in [-0.39, 0.29) is 23.3 Å². The van der Waals surface area contributed by atoms with Gasteiger partial charge in [0.05, 0.1) is 11.6 Å². The third-order valence-corrected chi connectivity index (χ3v) is 3.23. The van der Waals surface area contributed by atoms with Crippen LogP contribution in [-0.2, 0) is 14.9 Å². The molecular weight excluding hydrogens is 299 g/mol. The number of halogens is 2. The van der Waals surface area contributed by atoms with Gasteiger partial charge in [-0.1, -0.05) is 16.8 Å². The van der Waals surface area contributed by atoms with Crippen molar-refractivity contribution in [3.05, 3.63) is 34.9 Å². The first-order valence-corrected chi connectivity index (χ1v) is 6.71. The Labute approximate surface area is 126 Å². The minimum absolute atomic E-state index is 0.108. The number of hydrogen-bond acceptors (Lipinski definition) is 5. The molecule has 21 heavy (non-hydrogen) atoms. The fourth-order valence-corrected chi connectivity index (χ4v) is 1.91. The molecule has 0 amide bonds. The van der Waals surface area contributed by atoms with Crippen LogP contribution in [0.2, 0.25) is 5.02 Å². The number of carbonyl (C=O) groups excluding carboxylic acids is 1. The van der Waals surface area contributed by atoms with Gasteiger partial charge in [0.15, 0.2) is 0 Å². The van der Waals surface area contributed by atoms with Crippen molar-refractivity contribution in [2.24, 2.45) is 0 Å². The molecule has 0 saturated carbocycles. The average Bonchev–Trinajstić information content (AvgIpc) is 2.89. The van der Waals surface area contributed by atoms with Crippen molar-refractivity contribution in [1.82, 2.24) is 10.1 Å². The van der Waals surface area contributed by atoms with Gasteiger partial charge in [-0.25, -0.2) is 4.39 Å². The quantitative estimate of drug-likeness (QED) is 0.810. The molecule has 1 aromatic carbocycles. The molecule has 1 heterocycles. The Morgan fingerprint density at radius 2 is 2.19 bits per heavy atom. The van der Waals surface area contributed by atoms with E-state index in [1.165, 1.54) is 12.1 Å². The molecule has 1 aromatic heterocycles. The summed E-state index contributed by atoms with van der Waals surface area (Å²) in [5, 5.41) is 3.95. The predicted octanol–water partition coefficient (Wildman–Crippen LogP) is 3.37. The second kappa shape index (κ2) is 5.81. The number of esters is 1. The average molecular weight is 313 g/mol. The van der Waals surface area contributed by atoms with Crippen molar-refractivity contribution in [2.45, 2.75) is 26.2 Å². The normalized spacial score (nSPS) is 11.5. The Balaban J connectivity index is 2.35. The van der Waals surface area contributed by atoms with E-state index in [4.69, 9.17) is 20.9 Å². The Kier molecular flexibility index (Phi) is 4.27. The minimum atomic E-state index is -1.08. The molecule has 0 aliphatic heterocycles. The molecule has 7 heteroatoms. The molecule has 0 aliphatic carbocycles. The zero-order valence-electron chi connectivity index (χ0n) is 11.8. The minimum Gasteiger partial charge on any atom is -0.465 e. The molecule has 0 fully saturated rings. The highest BCUT2D eigenvalue weighted by molar-refractivity contribution is 6.33. The van der Waals surface area contributed by atoms with Gasteiger partial charge in [0, 0.05) is 5.56 Å². The maximum absolute atomic E-state index is 13.0. The summed E-state index contributed by atoms with van der Waals surface area (Å²) in [7, 11) is 0. The molecule has 5 nitrogen and oxygen atoms in total. The first-order chi connectivity index (χ1) is 9.86. The number of benzene rings is 1. The van der Waals surface area contributed by atoms with Crippen LogP contribution in [0.5, 0.6) is 0 Å². The molecule has 2 rings (SSSR count). The molecule has 0 spiro atoms. The van der Waals surface area contributed by atoms with E-state index < -0.39 is 17.2 Å². The lowest BCUT2D eigenvalue weighted by Gasteiger charge is -2.16. The van der Waals surface area contributed by atoms with Crippen LogP contribution in [0.3, 0.4) is 0 Å². The van der Waals surface area contributed by atoms with Crippen molar-refractivity contribution in [3.63, 3.8) is 0 Å². The zero-order chi connectivity index (χ0) is 15.6. The van der Waals surface area contributed by atoms with Crippen molar-refractivity contribution in [1.29, 1.82) is 0 Å². The van der Waals surface area contributed by atoms with Gasteiger partial charge in [0.1, 0.15) is 11.2 Å². The van der Waals surface area contributed by atoms with Crippen molar-refractivity contribution in [2.75, 3.05) is 6.61 Å². The predicted molar refractivity (Wildman–Crippen MR) is 74.4 cm³/mol. The van der Waals surface area contributed by atoms with Gasteiger partial charge >= 0.3 is 5.97 Å². The number of nitrogens with zero attached hydrogens (tertiary/aromatic N) is 2. The first kappa shape index (κ1) is 15.4. The summed E-state index contributed by atoms with van der Waals surface area (Å²) in [4.78, 5) is 16.1. The van der Waals surface area contributed by atoms with Gasteiger partial charge in [-0.2, -0.15) is 4.98 Å². The van der Waals surface area contributed by atoms with Crippen LogP contribution in [0.4, 0.5) is 4.39 Å². The number of aromatic nitrogens is 2. The van der Waals surface area contributed by atoms with Gasteiger partial charge in [-0.05, 0) is 39.0 Å². The molecule has 0 aliphatic rings. The topological polar surface area (TPSA) is 65.2 Å². The number of hydrogen-bond donors (Lipinski definition) is 0. The number of rotatable bonds is 4. The Hall–Kier alpha value is -1.95. The molecule has 112 valence electrons. The monoisotopic (exact) mass is 312 g/mol. The second-order valence-electron chi connectivity index (χ2n) is 4.89. The van der Waals surface area contributed by atoms with E-state index in [9.17, 15) is 9.18 Å². The van der Waals surface area contributed by atoms with Crippen LogP contribution in [0.15, 0.2) is 22.7 Å². The number of carbonyl (C=O) groups is 1. The van der Waals surface area contributed by atoms with Crippen LogP contribution in [0.25, 0.3) is 11.4 Å². The molecule has 2 aromatic rings. The first-order valence-electron chi connectivity index (χ1n) is 6.33. The smallest absolute Gasteiger partial charge is 0.321 e. The van der Waals surface area contributed by atoms with Crippen molar-refractivity contribution < 1.29 is 18.4 Å². The van der Waals surface area contributed by atoms with E-state index in [1.54, 1.807) is 20.8 Å². The van der Waals surface area contributed by atoms with E-state index in [1.807, 2.05) is 0 Å². The van der Waals surface area contributed by atoms with Gasteiger partial charge in [-0.3, -0.25) is 4.79 Å². The maximum Gasteiger partial charge on any atom is 0.321 e. The zero-order valence-corrected chi connectivity index (χ0v) is 12.6. The van der Waals surface area contributed by atoms with Gasteiger partial charge in [0.2, 0.25) is 11.7 Å². The van der Waals surface area contributed by atoms with E-state index in [0.717, 1.165) is 6.07 Å². The molecule has 0 N–H and O–H groups in total. The largest absolute Gasteiger partial charge is 0.465 e. The van der Waals surface area contributed by atoms with E-state index >= 15 is 0 Å². The molecule has 0 unspecified atom stereocenters. The SMILES string of the molecule is CCOC(=O)C(C)(C)c1nc(-c2ccc(F)cc2Cl)no1. The Morgan fingerprint density at radius 1 is 1.48 bits per heavy atom. The molecule has 0 atom stereocenters. The summed E-state index contributed by atoms with van der Waals surface area (Å²) in [6, 6.07) is 3.85. The maximum atomic E-state index is 13.0. The van der Waals surface area contributed by atoms with Crippen LogP contribution >= 0.6 is 11.6 Å². The lowest BCUT2D eigenvalue weighted by Crippen LogP contribution is -2.31. The number of ether oxygens (including phenoxy) is 1. The third-order valence-electron chi connectivity index (χ3n) is 2.92. The lowest BCUT2D eigenvalue weighted by atomic mass is 9.94. The standard InChI is InChI=1S/C14H14ClFN2O3/c1-4-20-13(19)14(2,3)12-17-11(18-21-12)9-6-5-8(16)7-10(9)15/h5-7H,4H2,1-3H3. The summed E-state index contributed by atoms with van der Waals surface area (Å²) in [6.45, 7) is 5.21. The van der Waals surface area contributed by atoms with Gasteiger partial charge in [-0.15, -0.1) is 0 Å². The van der Waals surface area contributed by atoms with E-state index in [2.05, 4.69) is 10.1 Å². The third kappa shape index (κ3) is 3.05. The fourth-order valence-electron chi connectivity index (χ4n) is 1.66. The van der Waals surface area contributed by atoms with E-state index in [0.29, 0.717) is 5.56 Å². The van der Waals surface area contributed by atoms with Crippen molar-refractivity contribution in [3.8, 4) is 11.4 Å². The second-order valence-corrected chi connectivity index (χ2v) is 5.30. The summed E-state index contributed by atoms with van der Waals surface area (Å²) < 4.78 is 23.1. The van der Waals surface area contributed by atoms with Gasteiger partial charge in [0.25, 0.3) is 0 Å². The van der Waals surface area contributed by atoms with Gasteiger partial charge < -0.3 is 9.26 Å². The van der Waals surface area contributed by atoms with Crippen LogP contribution in [0, 0.1) is 5.82 Å². The highest BCUT2D eigenvalue weighted by Crippen LogP contribution is 2.29. The van der Waals surface area contributed by atoms with Crippen LogP contribution < -0.4 is 0 Å². The molecular formula is C14H14ClFN2O3. The highest BCUT2D eigenvalue weighted by atomic mass is 35.5. The fraction of sp³-hybridized carbons (Fsp3) is 0.357. The molecule has 0 saturated heterocycles. The summed E-state index contributed by atoms with van der Waals surface area (Å²) in [5.41, 5.74) is -0.652. The van der Waals surface area contributed by atoms with Crippen LogP contribution in [0.1, 0.15) is 26.7 Å². The summed E-state index contributed by atoms with van der Waals surface area (Å²) >= 11 is 5.95. The molecule has 0 radical (unpaired) electrons. The van der Waals surface area contributed by atoms with Crippen LogP contribution in [-0.4, -0.2) is 22.7 Å². The summed E-state index contributed by atoms with van der Waals surface area (Å²) in [6.07, 6.45) is 0. The van der Waals surface area contributed by atoms with Crippen molar-refractivity contribution >= 4 is 17.6 Å². The highest BCUT2D eigenvalue weighted by Gasteiger charge is 2.37. The summed E-state index contributed by atoms with van der Waals surface area (Å²) in [5.74, 6) is -0.631. The Morgan fingerprint density at radius 3 is 2.81 bits per heavy atom.